The van der Waals surface area contributed by atoms with Crippen LogP contribution in [0, 0.1) is 12.8 Å². The molecule has 0 radical (unpaired) electrons. The zero-order valence-electron chi connectivity index (χ0n) is 11.2. The topological polar surface area (TPSA) is 30.7 Å². The van der Waals surface area contributed by atoms with E-state index in [-0.39, 0.29) is 0 Å². The van der Waals surface area contributed by atoms with Crippen molar-refractivity contribution >= 4 is 0 Å². The molecule has 92 valence electrons. The molecule has 0 amide bonds. The zero-order valence-corrected chi connectivity index (χ0v) is 11.2. The van der Waals surface area contributed by atoms with Gasteiger partial charge in [-0.15, -0.1) is 5.10 Å². The van der Waals surface area contributed by atoms with E-state index in [4.69, 9.17) is 0 Å². The molecule has 1 heterocycles. The second kappa shape index (κ2) is 6.66. The van der Waals surface area contributed by atoms with Gasteiger partial charge in [0.25, 0.3) is 0 Å². The van der Waals surface area contributed by atoms with Crippen LogP contribution in [0.3, 0.4) is 0 Å². The van der Waals surface area contributed by atoms with Gasteiger partial charge in [-0.25, -0.2) is 4.68 Å². The van der Waals surface area contributed by atoms with E-state index in [1.165, 1.54) is 37.1 Å². The molecule has 0 aromatic carbocycles. The fraction of sp³-hybridized carbons (Fsp3) is 0.846. The highest BCUT2D eigenvalue weighted by Crippen LogP contribution is 2.11. The lowest BCUT2D eigenvalue weighted by Gasteiger charge is -2.04. The van der Waals surface area contributed by atoms with Gasteiger partial charge in [-0.2, -0.15) is 0 Å². The van der Waals surface area contributed by atoms with E-state index in [9.17, 15) is 0 Å². The standard InChI is InChI=1S/C13H25N3/c1-5-6-7-8-9-16-12(4)13(14-15-16)10-11(2)3/h11H,5-10H2,1-4H3. The smallest absolute Gasteiger partial charge is 0.0858 e. The highest BCUT2D eigenvalue weighted by atomic mass is 15.4. The average Bonchev–Trinajstić information content (AvgIpc) is 2.56. The Morgan fingerprint density at radius 3 is 2.56 bits per heavy atom. The van der Waals surface area contributed by atoms with Crippen molar-refractivity contribution in [2.75, 3.05) is 0 Å². The lowest BCUT2D eigenvalue weighted by atomic mass is 10.1. The number of hydrogen-bond donors (Lipinski definition) is 0. The quantitative estimate of drug-likeness (QED) is 0.664. The molecule has 0 atom stereocenters. The van der Waals surface area contributed by atoms with Crippen LogP contribution in [0.4, 0.5) is 0 Å². The summed E-state index contributed by atoms with van der Waals surface area (Å²) < 4.78 is 2.06. The molecule has 16 heavy (non-hydrogen) atoms. The first-order valence-electron chi connectivity index (χ1n) is 6.54. The summed E-state index contributed by atoms with van der Waals surface area (Å²) >= 11 is 0. The lowest BCUT2D eigenvalue weighted by Crippen LogP contribution is -2.03. The molecule has 0 aliphatic carbocycles. The van der Waals surface area contributed by atoms with Gasteiger partial charge in [0.05, 0.1) is 11.4 Å². The van der Waals surface area contributed by atoms with Gasteiger partial charge < -0.3 is 0 Å². The van der Waals surface area contributed by atoms with E-state index in [0.29, 0.717) is 5.92 Å². The summed E-state index contributed by atoms with van der Waals surface area (Å²) in [6.07, 6.45) is 6.18. The molecule has 0 bridgehead atoms. The van der Waals surface area contributed by atoms with E-state index in [2.05, 4.69) is 42.7 Å². The SMILES string of the molecule is CCCCCCn1nnc(CC(C)C)c1C. The monoisotopic (exact) mass is 223 g/mol. The Bertz CT molecular complexity index is 302. The maximum atomic E-state index is 4.27. The van der Waals surface area contributed by atoms with Crippen molar-refractivity contribution in [3.8, 4) is 0 Å². The van der Waals surface area contributed by atoms with Gasteiger partial charge in [-0.3, -0.25) is 0 Å². The second-order valence-electron chi connectivity index (χ2n) is 5.00. The van der Waals surface area contributed by atoms with E-state index in [1.807, 2.05) is 0 Å². The van der Waals surface area contributed by atoms with Gasteiger partial charge in [-0.05, 0) is 25.7 Å². The lowest BCUT2D eigenvalue weighted by molar-refractivity contribution is 0.519. The largest absolute Gasteiger partial charge is 0.249 e. The van der Waals surface area contributed by atoms with Crippen molar-refractivity contribution in [2.45, 2.75) is 66.3 Å². The molecule has 0 aliphatic heterocycles. The van der Waals surface area contributed by atoms with Crippen molar-refractivity contribution in [2.24, 2.45) is 5.92 Å². The second-order valence-corrected chi connectivity index (χ2v) is 5.00. The van der Waals surface area contributed by atoms with E-state index < -0.39 is 0 Å². The van der Waals surface area contributed by atoms with Crippen LogP contribution >= 0.6 is 0 Å². The number of hydrogen-bond acceptors (Lipinski definition) is 2. The molecule has 0 spiro atoms. The minimum absolute atomic E-state index is 0.656. The van der Waals surface area contributed by atoms with Gasteiger partial charge in [-0.1, -0.05) is 45.2 Å². The molecule has 1 aromatic heterocycles. The summed E-state index contributed by atoms with van der Waals surface area (Å²) in [5.74, 6) is 0.656. The summed E-state index contributed by atoms with van der Waals surface area (Å²) in [6, 6.07) is 0. The normalized spacial score (nSPS) is 11.3. The van der Waals surface area contributed by atoms with Crippen molar-refractivity contribution in [1.82, 2.24) is 15.0 Å². The van der Waals surface area contributed by atoms with Crippen LogP contribution in [0.25, 0.3) is 0 Å². The van der Waals surface area contributed by atoms with Crippen LogP contribution < -0.4 is 0 Å². The van der Waals surface area contributed by atoms with Gasteiger partial charge in [0.2, 0.25) is 0 Å². The number of nitrogens with zero attached hydrogens (tertiary/aromatic N) is 3. The van der Waals surface area contributed by atoms with Crippen LogP contribution in [0.5, 0.6) is 0 Å². The maximum absolute atomic E-state index is 4.27. The molecule has 0 unspecified atom stereocenters. The molecule has 1 aromatic rings. The van der Waals surface area contributed by atoms with Crippen molar-refractivity contribution in [3.63, 3.8) is 0 Å². The summed E-state index contributed by atoms with van der Waals surface area (Å²) in [7, 11) is 0. The fourth-order valence-electron chi connectivity index (χ4n) is 1.87. The number of unbranched alkanes of at least 4 members (excludes halogenated alkanes) is 3. The number of aromatic nitrogens is 3. The zero-order chi connectivity index (χ0) is 12.0. The van der Waals surface area contributed by atoms with Crippen molar-refractivity contribution < 1.29 is 0 Å². The van der Waals surface area contributed by atoms with Crippen molar-refractivity contribution in [3.05, 3.63) is 11.4 Å². The molecule has 3 nitrogen and oxygen atoms in total. The Balaban J connectivity index is 2.45. The van der Waals surface area contributed by atoms with Crippen LogP contribution in [-0.2, 0) is 13.0 Å². The first kappa shape index (κ1) is 13.2. The fourth-order valence-corrected chi connectivity index (χ4v) is 1.87. The molecular weight excluding hydrogens is 198 g/mol. The Morgan fingerprint density at radius 1 is 1.19 bits per heavy atom. The molecule has 3 heteroatoms. The first-order valence-corrected chi connectivity index (χ1v) is 6.54. The summed E-state index contributed by atoms with van der Waals surface area (Å²) in [6.45, 7) is 9.84. The van der Waals surface area contributed by atoms with Crippen LogP contribution in [0.2, 0.25) is 0 Å². The average molecular weight is 223 g/mol. The van der Waals surface area contributed by atoms with Crippen LogP contribution in [0.1, 0.15) is 57.8 Å². The molecular formula is C13H25N3. The molecule has 0 saturated heterocycles. The third-order valence-electron chi connectivity index (χ3n) is 2.90. The highest BCUT2D eigenvalue weighted by molar-refractivity contribution is 5.08. The molecule has 0 fully saturated rings. The van der Waals surface area contributed by atoms with Gasteiger partial charge in [0.15, 0.2) is 0 Å². The Hall–Kier alpha value is -0.860. The Morgan fingerprint density at radius 2 is 1.94 bits per heavy atom. The predicted molar refractivity (Wildman–Crippen MR) is 67.4 cm³/mol. The molecule has 0 saturated carbocycles. The number of rotatable bonds is 7. The van der Waals surface area contributed by atoms with Gasteiger partial charge >= 0.3 is 0 Å². The Labute approximate surface area is 99.2 Å². The van der Waals surface area contributed by atoms with Crippen LogP contribution in [0.15, 0.2) is 0 Å². The third kappa shape index (κ3) is 3.95. The molecule has 1 rings (SSSR count). The summed E-state index contributed by atoms with van der Waals surface area (Å²) in [4.78, 5) is 0. The molecule has 0 aliphatic rings. The minimum atomic E-state index is 0.656. The van der Waals surface area contributed by atoms with E-state index in [1.54, 1.807) is 0 Å². The van der Waals surface area contributed by atoms with Crippen molar-refractivity contribution in [1.29, 1.82) is 0 Å². The van der Waals surface area contributed by atoms with E-state index in [0.717, 1.165) is 13.0 Å². The minimum Gasteiger partial charge on any atom is -0.249 e. The first-order chi connectivity index (χ1) is 7.65. The maximum Gasteiger partial charge on any atom is 0.0858 e. The Kier molecular flexibility index (Phi) is 5.50. The third-order valence-corrected chi connectivity index (χ3v) is 2.90. The van der Waals surface area contributed by atoms with Gasteiger partial charge in [0, 0.05) is 6.54 Å². The van der Waals surface area contributed by atoms with Gasteiger partial charge in [0.1, 0.15) is 0 Å². The predicted octanol–water partition coefficient (Wildman–Crippen LogP) is 3.37. The summed E-state index contributed by atoms with van der Waals surface area (Å²) in [5, 5.41) is 8.50. The highest BCUT2D eigenvalue weighted by Gasteiger charge is 2.09. The molecule has 0 N–H and O–H groups in total. The van der Waals surface area contributed by atoms with Crippen LogP contribution in [-0.4, -0.2) is 15.0 Å². The van der Waals surface area contributed by atoms with E-state index >= 15 is 0 Å². The summed E-state index contributed by atoms with van der Waals surface area (Å²) in [5.41, 5.74) is 2.43. The number of aryl methyl sites for hydroxylation is 1.